The summed E-state index contributed by atoms with van der Waals surface area (Å²) >= 11 is 0.219. The molecule has 0 spiro atoms. The van der Waals surface area contributed by atoms with Crippen molar-refractivity contribution in [1.82, 2.24) is 0 Å². The molecule has 0 aliphatic carbocycles. The normalized spacial score (nSPS) is 13.3. The molecule has 0 saturated carbocycles. The van der Waals surface area contributed by atoms with Gasteiger partial charge in [0.1, 0.15) is 0 Å². The van der Waals surface area contributed by atoms with Crippen LogP contribution in [0.3, 0.4) is 0 Å². The fourth-order valence-corrected chi connectivity index (χ4v) is 8.26. The summed E-state index contributed by atoms with van der Waals surface area (Å²) in [6, 6.07) is 10.0. The molecule has 0 aliphatic rings. The first-order valence-corrected chi connectivity index (χ1v) is 11.0. The van der Waals surface area contributed by atoms with Gasteiger partial charge in [-0.2, -0.15) is 0 Å². The quantitative estimate of drug-likeness (QED) is 0.338. The summed E-state index contributed by atoms with van der Waals surface area (Å²) in [4.78, 5) is 0. The third-order valence-electron chi connectivity index (χ3n) is 2.76. The number of benzene rings is 1. The predicted octanol–water partition coefficient (Wildman–Crippen LogP) is 4.87. The summed E-state index contributed by atoms with van der Waals surface area (Å²) in [5, 5.41) is 1.10. The molecule has 0 radical (unpaired) electrons. The Bertz CT molecular complexity index is 401. The molecule has 0 bridgehead atoms. The van der Waals surface area contributed by atoms with Gasteiger partial charge in [0.15, 0.2) is 0 Å². The molecule has 1 aromatic carbocycles. The van der Waals surface area contributed by atoms with Gasteiger partial charge in [-0.15, -0.1) is 0 Å². The average Bonchev–Trinajstić information content (AvgIpc) is 2.45. The van der Waals surface area contributed by atoms with Crippen molar-refractivity contribution in [3.05, 3.63) is 35.9 Å². The molecule has 0 saturated heterocycles. The predicted molar refractivity (Wildman–Crippen MR) is 85.5 cm³/mol. The second-order valence-electron chi connectivity index (χ2n) is 4.36. The minimum atomic E-state index is -3.06. The van der Waals surface area contributed by atoms with Gasteiger partial charge in [0.25, 0.3) is 0 Å². The fraction of sp³-hybridized carbons (Fsp3) is 0.600. The van der Waals surface area contributed by atoms with E-state index in [1.165, 1.54) is 6.42 Å². The Balaban J connectivity index is 2.98. The Kier molecular flexibility index (Phi) is 8.75. The van der Waals surface area contributed by atoms with Crippen LogP contribution in [-0.2, 0) is 13.6 Å². The van der Waals surface area contributed by atoms with Crippen LogP contribution in [0.4, 0.5) is 0 Å². The van der Waals surface area contributed by atoms with E-state index in [4.69, 9.17) is 9.05 Å². The Morgan fingerprint density at radius 3 is 2.20 bits per heavy atom. The van der Waals surface area contributed by atoms with Crippen LogP contribution in [0.25, 0.3) is 0 Å². The van der Waals surface area contributed by atoms with Crippen LogP contribution < -0.4 is 0 Å². The van der Waals surface area contributed by atoms with Crippen molar-refractivity contribution in [1.29, 1.82) is 0 Å². The number of hydrogen-bond acceptors (Lipinski definition) is 3. The number of rotatable bonds is 10. The molecule has 0 fully saturated rings. The SMILES string of the molecule is CCCC[Se]C(c1ccccc1)P(=O)(OCC)OCC. The van der Waals surface area contributed by atoms with Gasteiger partial charge in [-0.05, 0) is 0 Å². The molecule has 1 rings (SSSR count). The first kappa shape index (κ1) is 17.9. The molecular weight excluding hydrogens is 338 g/mol. The molecule has 0 heterocycles. The standard InChI is InChI=1S/C15H25O3PSe/c1-4-7-13-20-15(14-11-9-8-10-12-14)19(16,17-5-2)18-6-3/h8-12,15H,4-7,13H2,1-3H3. The molecule has 3 nitrogen and oxygen atoms in total. The van der Waals surface area contributed by atoms with Gasteiger partial charge in [-0.1, -0.05) is 0 Å². The minimum absolute atomic E-state index is 0.0948. The van der Waals surface area contributed by atoms with Crippen LogP contribution in [0, 0.1) is 0 Å². The Morgan fingerprint density at radius 1 is 1.10 bits per heavy atom. The van der Waals surface area contributed by atoms with Crippen molar-refractivity contribution < 1.29 is 13.6 Å². The third kappa shape index (κ3) is 5.35. The van der Waals surface area contributed by atoms with Crippen molar-refractivity contribution in [3.63, 3.8) is 0 Å². The molecule has 0 amide bonds. The van der Waals surface area contributed by atoms with Gasteiger partial charge in [-0.25, -0.2) is 0 Å². The zero-order chi connectivity index (χ0) is 14.8. The van der Waals surface area contributed by atoms with E-state index in [2.05, 4.69) is 6.92 Å². The van der Waals surface area contributed by atoms with Crippen molar-refractivity contribution in [3.8, 4) is 0 Å². The molecule has 114 valence electrons. The maximum atomic E-state index is 13.1. The maximum absolute atomic E-state index is 13.1. The number of unbranched alkanes of at least 4 members (excludes halogenated alkanes) is 1. The monoisotopic (exact) mass is 364 g/mol. The Labute approximate surface area is 129 Å². The van der Waals surface area contributed by atoms with E-state index < -0.39 is 7.60 Å². The summed E-state index contributed by atoms with van der Waals surface area (Å²) in [5.74, 6) is 0. The molecule has 1 atom stereocenters. The summed E-state index contributed by atoms with van der Waals surface area (Å²) in [7, 11) is -3.06. The first-order chi connectivity index (χ1) is 9.68. The Hall–Kier alpha value is -0.111. The van der Waals surface area contributed by atoms with Crippen molar-refractivity contribution in [2.24, 2.45) is 0 Å². The zero-order valence-electron chi connectivity index (χ0n) is 12.6. The van der Waals surface area contributed by atoms with E-state index in [-0.39, 0.29) is 19.5 Å². The van der Waals surface area contributed by atoms with Crippen LogP contribution in [0.15, 0.2) is 30.3 Å². The molecule has 0 N–H and O–H groups in total. The zero-order valence-corrected chi connectivity index (χ0v) is 15.2. The van der Waals surface area contributed by atoms with Gasteiger partial charge in [-0.3, -0.25) is 0 Å². The molecule has 20 heavy (non-hydrogen) atoms. The summed E-state index contributed by atoms with van der Waals surface area (Å²) in [5.41, 5.74) is 1.08. The van der Waals surface area contributed by atoms with E-state index in [9.17, 15) is 4.57 Å². The van der Waals surface area contributed by atoms with E-state index in [0.29, 0.717) is 13.2 Å². The van der Waals surface area contributed by atoms with Crippen LogP contribution >= 0.6 is 7.60 Å². The molecule has 1 aromatic rings. The second kappa shape index (κ2) is 9.76. The van der Waals surface area contributed by atoms with Crippen molar-refractivity contribution >= 4 is 22.6 Å². The van der Waals surface area contributed by atoms with Crippen LogP contribution in [-0.4, -0.2) is 28.2 Å². The summed E-state index contributed by atoms with van der Waals surface area (Å²) in [6.45, 7) is 6.76. The van der Waals surface area contributed by atoms with Crippen LogP contribution in [0.5, 0.6) is 0 Å². The summed E-state index contributed by atoms with van der Waals surface area (Å²) < 4.78 is 24.1. The number of hydrogen-bond donors (Lipinski definition) is 0. The fourth-order valence-electron chi connectivity index (χ4n) is 1.86. The van der Waals surface area contributed by atoms with E-state index in [1.807, 2.05) is 44.2 Å². The Morgan fingerprint density at radius 2 is 1.70 bits per heavy atom. The second-order valence-corrected chi connectivity index (χ2v) is 9.81. The molecule has 1 unspecified atom stereocenters. The molecule has 5 heteroatoms. The van der Waals surface area contributed by atoms with Crippen molar-refractivity contribution in [2.45, 2.75) is 43.5 Å². The topological polar surface area (TPSA) is 35.5 Å². The van der Waals surface area contributed by atoms with E-state index in [0.717, 1.165) is 17.3 Å². The third-order valence-corrected chi connectivity index (χ3v) is 9.61. The van der Waals surface area contributed by atoms with Gasteiger partial charge < -0.3 is 0 Å². The summed E-state index contributed by atoms with van der Waals surface area (Å²) in [6.07, 6.45) is 2.33. The van der Waals surface area contributed by atoms with Gasteiger partial charge >= 0.3 is 129 Å². The molecule has 0 aromatic heterocycles. The molecule has 0 aliphatic heterocycles. The van der Waals surface area contributed by atoms with E-state index >= 15 is 0 Å². The average molecular weight is 363 g/mol. The van der Waals surface area contributed by atoms with Crippen LogP contribution in [0.1, 0.15) is 43.7 Å². The molecular formula is C15H25O3PSe. The van der Waals surface area contributed by atoms with Crippen LogP contribution in [0.2, 0.25) is 5.32 Å². The van der Waals surface area contributed by atoms with Gasteiger partial charge in [0.05, 0.1) is 0 Å². The van der Waals surface area contributed by atoms with Gasteiger partial charge in [0.2, 0.25) is 0 Å². The first-order valence-electron chi connectivity index (χ1n) is 7.23. The van der Waals surface area contributed by atoms with E-state index in [1.54, 1.807) is 0 Å². The van der Waals surface area contributed by atoms with Crippen molar-refractivity contribution in [2.75, 3.05) is 13.2 Å². The van der Waals surface area contributed by atoms with Gasteiger partial charge in [0, 0.05) is 0 Å².